The lowest BCUT2D eigenvalue weighted by Crippen LogP contribution is -2.45. The molecule has 0 aromatic carbocycles. The molecule has 2 aliphatic rings. The van der Waals surface area contributed by atoms with Gasteiger partial charge in [0.25, 0.3) is 0 Å². The summed E-state index contributed by atoms with van der Waals surface area (Å²) in [7, 11) is 0. The first-order valence-corrected chi connectivity index (χ1v) is 5.35. The Balaban J connectivity index is 1.86. The van der Waals surface area contributed by atoms with Gasteiger partial charge in [0.05, 0.1) is 12.2 Å². The van der Waals surface area contributed by atoms with Gasteiger partial charge < -0.3 is 5.11 Å². The van der Waals surface area contributed by atoms with Crippen molar-refractivity contribution in [2.45, 2.75) is 50.4 Å². The van der Waals surface area contributed by atoms with Crippen molar-refractivity contribution in [3.63, 3.8) is 0 Å². The van der Waals surface area contributed by atoms with Crippen LogP contribution in [0.5, 0.6) is 0 Å². The molecule has 1 aliphatic heterocycles. The van der Waals surface area contributed by atoms with Gasteiger partial charge in [-0.15, -0.1) is 0 Å². The molecule has 0 spiro atoms. The summed E-state index contributed by atoms with van der Waals surface area (Å²) in [6, 6.07) is 0.354. The second-order valence-corrected chi connectivity index (χ2v) is 4.30. The van der Waals surface area contributed by atoms with Gasteiger partial charge >= 0.3 is 0 Å². The SMILES string of the molecule is [O]C1CCN(C2CCCC2O)CC1. The van der Waals surface area contributed by atoms with Crippen molar-refractivity contribution in [2.75, 3.05) is 13.1 Å². The summed E-state index contributed by atoms with van der Waals surface area (Å²) in [4.78, 5) is 2.31. The van der Waals surface area contributed by atoms with Gasteiger partial charge in [-0.2, -0.15) is 0 Å². The van der Waals surface area contributed by atoms with Crippen molar-refractivity contribution in [2.24, 2.45) is 0 Å². The number of nitrogens with zero attached hydrogens (tertiary/aromatic N) is 1. The molecule has 1 N–H and O–H groups in total. The molecule has 2 atom stereocenters. The second kappa shape index (κ2) is 3.95. The maximum absolute atomic E-state index is 11.1. The summed E-state index contributed by atoms with van der Waals surface area (Å²) in [5.74, 6) is 0. The third-order valence-electron chi connectivity index (χ3n) is 3.39. The van der Waals surface area contributed by atoms with Crippen LogP contribution in [0.25, 0.3) is 0 Å². The van der Waals surface area contributed by atoms with Crippen LogP contribution >= 0.6 is 0 Å². The molecule has 1 saturated carbocycles. The van der Waals surface area contributed by atoms with Crippen molar-refractivity contribution in [3.05, 3.63) is 0 Å². The van der Waals surface area contributed by atoms with Crippen LogP contribution in [0, 0.1) is 0 Å². The molecule has 3 nitrogen and oxygen atoms in total. The Labute approximate surface area is 79.4 Å². The minimum Gasteiger partial charge on any atom is -0.391 e. The van der Waals surface area contributed by atoms with Gasteiger partial charge in [-0.25, -0.2) is 5.11 Å². The molecule has 1 aliphatic carbocycles. The fraction of sp³-hybridized carbons (Fsp3) is 1.00. The van der Waals surface area contributed by atoms with Crippen LogP contribution in [-0.4, -0.2) is 41.3 Å². The molecule has 0 amide bonds. The smallest absolute Gasteiger partial charge is 0.0954 e. The normalized spacial score (nSPS) is 38.3. The Kier molecular flexibility index (Phi) is 2.86. The van der Waals surface area contributed by atoms with Crippen LogP contribution in [0.15, 0.2) is 0 Å². The zero-order valence-corrected chi connectivity index (χ0v) is 7.98. The lowest BCUT2D eigenvalue weighted by molar-refractivity contribution is -0.00590. The van der Waals surface area contributed by atoms with Crippen molar-refractivity contribution in [3.8, 4) is 0 Å². The van der Waals surface area contributed by atoms with Gasteiger partial charge in [-0.05, 0) is 32.1 Å². The van der Waals surface area contributed by atoms with Gasteiger partial charge in [0.15, 0.2) is 0 Å². The number of aliphatic hydroxyl groups is 1. The average molecular weight is 184 g/mol. The highest BCUT2D eigenvalue weighted by Crippen LogP contribution is 2.26. The van der Waals surface area contributed by atoms with Crippen LogP contribution in [0.4, 0.5) is 0 Å². The van der Waals surface area contributed by atoms with Crippen molar-refractivity contribution in [1.82, 2.24) is 4.90 Å². The zero-order chi connectivity index (χ0) is 9.26. The molecule has 13 heavy (non-hydrogen) atoms. The van der Waals surface area contributed by atoms with E-state index in [1.807, 2.05) is 0 Å². The van der Waals surface area contributed by atoms with Crippen LogP contribution in [0.3, 0.4) is 0 Å². The van der Waals surface area contributed by atoms with Crippen molar-refractivity contribution >= 4 is 0 Å². The zero-order valence-electron chi connectivity index (χ0n) is 7.98. The second-order valence-electron chi connectivity index (χ2n) is 4.30. The lowest BCUT2D eigenvalue weighted by Gasteiger charge is -2.35. The number of rotatable bonds is 1. The molecule has 2 fully saturated rings. The van der Waals surface area contributed by atoms with E-state index in [1.54, 1.807) is 0 Å². The molecule has 1 radical (unpaired) electrons. The van der Waals surface area contributed by atoms with Crippen molar-refractivity contribution < 1.29 is 10.2 Å². The summed E-state index contributed by atoms with van der Waals surface area (Å²) >= 11 is 0. The van der Waals surface area contributed by atoms with E-state index in [0.29, 0.717) is 6.04 Å². The van der Waals surface area contributed by atoms with Gasteiger partial charge in [0.2, 0.25) is 0 Å². The molecular formula is C10H18NO2. The van der Waals surface area contributed by atoms with Gasteiger partial charge in [0, 0.05) is 19.1 Å². The standard InChI is InChI=1S/C10H18NO2/c12-8-4-6-11(7-5-8)9-2-1-3-10(9)13/h8-10,13H,1-7H2. The fourth-order valence-electron chi connectivity index (χ4n) is 2.55. The predicted molar refractivity (Wildman–Crippen MR) is 48.9 cm³/mol. The summed E-state index contributed by atoms with van der Waals surface area (Å²) in [6.07, 6.45) is 4.25. The first kappa shape index (κ1) is 9.44. The van der Waals surface area contributed by atoms with Crippen LogP contribution in [0.2, 0.25) is 0 Å². The minimum absolute atomic E-state index is 0.136. The van der Waals surface area contributed by atoms with Crippen LogP contribution in [-0.2, 0) is 5.11 Å². The van der Waals surface area contributed by atoms with E-state index in [2.05, 4.69) is 4.90 Å². The van der Waals surface area contributed by atoms with Crippen LogP contribution in [0.1, 0.15) is 32.1 Å². The monoisotopic (exact) mass is 184 g/mol. The Hall–Kier alpha value is -0.120. The maximum atomic E-state index is 11.1. The molecule has 0 aromatic heterocycles. The average Bonchev–Trinajstić information content (AvgIpc) is 2.53. The number of hydrogen-bond donors (Lipinski definition) is 1. The fourth-order valence-corrected chi connectivity index (χ4v) is 2.55. The van der Waals surface area contributed by atoms with Gasteiger partial charge in [-0.1, -0.05) is 0 Å². The molecule has 1 heterocycles. The van der Waals surface area contributed by atoms with Crippen molar-refractivity contribution in [1.29, 1.82) is 0 Å². The molecule has 1 saturated heterocycles. The number of likely N-dealkylation sites (tertiary alicyclic amines) is 1. The summed E-state index contributed by atoms with van der Waals surface area (Å²) in [5.41, 5.74) is 0. The number of piperidine rings is 1. The summed E-state index contributed by atoms with van der Waals surface area (Å²) in [6.45, 7) is 1.80. The largest absolute Gasteiger partial charge is 0.391 e. The predicted octanol–water partition coefficient (Wildman–Crippen LogP) is 0.795. The highest BCUT2D eigenvalue weighted by Gasteiger charge is 2.32. The van der Waals surface area contributed by atoms with E-state index in [9.17, 15) is 10.2 Å². The van der Waals surface area contributed by atoms with E-state index in [0.717, 1.165) is 45.2 Å². The topological polar surface area (TPSA) is 43.4 Å². The lowest BCUT2D eigenvalue weighted by atomic mass is 10.0. The molecular weight excluding hydrogens is 166 g/mol. The highest BCUT2D eigenvalue weighted by atomic mass is 16.3. The highest BCUT2D eigenvalue weighted by molar-refractivity contribution is 4.87. The van der Waals surface area contributed by atoms with E-state index >= 15 is 0 Å². The molecule has 0 aromatic rings. The molecule has 2 unspecified atom stereocenters. The van der Waals surface area contributed by atoms with E-state index in [1.165, 1.54) is 0 Å². The minimum atomic E-state index is -0.352. The molecule has 75 valence electrons. The van der Waals surface area contributed by atoms with E-state index < -0.39 is 0 Å². The third kappa shape index (κ3) is 2.03. The number of aliphatic hydroxyl groups excluding tert-OH is 1. The summed E-state index contributed by atoms with van der Waals surface area (Å²) < 4.78 is 0. The molecule has 2 rings (SSSR count). The number of hydrogen-bond acceptors (Lipinski definition) is 2. The van der Waals surface area contributed by atoms with Crippen LogP contribution < -0.4 is 0 Å². The maximum Gasteiger partial charge on any atom is 0.0954 e. The van der Waals surface area contributed by atoms with E-state index in [-0.39, 0.29) is 12.2 Å². The van der Waals surface area contributed by atoms with Gasteiger partial charge in [-0.3, -0.25) is 4.90 Å². The Bertz CT molecular complexity index is 166. The summed E-state index contributed by atoms with van der Waals surface area (Å²) in [5, 5.41) is 20.8. The Morgan fingerprint density at radius 3 is 2.31 bits per heavy atom. The first-order valence-electron chi connectivity index (χ1n) is 5.35. The molecule has 0 bridgehead atoms. The third-order valence-corrected chi connectivity index (χ3v) is 3.39. The first-order chi connectivity index (χ1) is 6.27. The Morgan fingerprint density at radius 1 is 1.08 bits per heavy atom. The van der Waals surface area contributed by atoms with E-state index in [4.69, 9.17) is 0 Å². The molecule has 3 heteroatoms. The van der Waals surface area contributed by atoms with Gasteiger partial charge in [0.1, 0.15) is 0 Å². The quantitative estimate of drug-likeness (QED) is 0.655. The Morgan fingerprint density at radius 2 is 1.77 bits per heavy atom.